The van der Waals surface area contributed by atoms with Crippen molar-refractivity contribution >= 4 is 12.3 Å². The van der Waals surface area contributed by atoms with Crippen LogP contribution in [-0.4, -0.2) is 26.9 Å². The van der Waals surface area contributed by atoms with Crippen LogP contribution < -0.4 is 0 Å². The van der Waals surface area contributed by atoms with Crippen LogP contribution in [0.5, 0.6) is 0 Å². The molecule has 1 aromatic heterocycles. The number of rotatable bonds is 3. The van der Waals surface area contributed by atoms with Gasteiger partial charge in [-0.3, -0.25) is 4.79 Å². The van der Waals surface area contributed by atoms with Crippen LogP contribution in [0.4, 0.5) is 0 Å². The Morgan fingerprint density at radius 2 is 2.24 bits per heavy atom. The first-order chi connectivity index (χ1) is 8.13. The number of carboxylic acids is 1. The summed E-state index contributed by atoms with van der Waals surface area (Å²) in [6.07, 6.45) is 3.51. The maximum absolute atomic E-state index is 11.0. The third kappa shape index (κ3) is 1.94. The number of aromatic carboxylic acids is 1. The topological polar surface area (TPSA) is 72.2 Å². The molecule has 0 fully saturated rings. The van der Waals surface area contributed by atoms with E-state index < -0.39 is 5.97 Å². The SMILES string of the molecule is Cc1cccc(-n2cnc(C(=O)O)c2)c1C=O. The van der Waals surface area contributed by atoms with Gasteiger partial charge in [-0.15, -0.1) is 0 Å². The quantitative estimate of drug-likeness (QED) is 0.814. The van der Waals surface area contributed by atoms with E-state index in [9.17, 15) is 9.59 Å². The Hall–Kier alpha value is -2.43. The summed E-state index contributed by atoms with van der Waals surface area (Å²) < 4.78 is 1.53. The summed E-state index contributed by atoms with van der Waals surface area (Å²) in [5, 5.41) is 8.78. The number of aromatic nitrogens is 2. The minimum Gasteiger partial charge on any atom is -0.476 e. The number of nitrogens with zero attached hydrogens (tertiary/aromatic N) is 2. The van der Waals surface area contributed by atoms with Gasteiger partial charge in [0, 0.05) is 11.8 Å². The molecule has 17 heavy (non-hydrogen) atoms. The first kappa shape index (κ1) is 11.1. The predicted octanol–water partition coefficient (Wildman–Crippen LogP) is 1.69. The first-order valence-corrected chi connectivity index (χ1v) is 4.96. The minimum atomic E-state index is -1.09. The molecule has 0 saturated heterocycles. The molecule has 0 aliphatic heterocycles. The predicted molar refractivity (Wildman–Crippen MR) is 60.6 cm³/mol. The molecular formula is C12H10N2O3. The lowest BCUT2D eigenvalue weighted by molar-refractivity contribution is 0.0691. The summed E-state index contributed by atoms with van der Waals surface area (Å²) in [6, 6.07) is 5.37. The smallest absolute Gasteiger partial charge is 0.356 e. The summed E-state index contributed by atoms with van der Waals surface area (Å²) in [7, 11) is 0. The van der Waals surface area contributed by atoms with E-state index in [0.717, 1.165) is 11.8 Å². The maximum Gasteiger partial charge on any atom is 0.356 e. The van der Waals surface area contributed by atoms with E-state index in [1.807, 2.05) is 13.0 Å². The number of carboxylic acid groups (broad SMARTS) is 1. The highest BCUT2D eigenvalue weighted by atomic mass is 16.4. The highest BCUT2D eigenvalue weighted by Crippen LogP contribution is 2.17. The zero-order valence-electron chi connectivity index (χ0n) is 9.12. The summed E-state index contributed by atoms with van der Waals surface area (Å²) in [4.78, 5) is 25.5. The van der Waals surface area contributed by atoms with Gasteiger partial charge >= 0.3 is 5.97 Å². The Balaban J connectivity index is 2.56. The van der Waals surface area contributed by atoms with Crippen molar-refractivity contribution in [1.82, 2.24) is 9.55 Å². The molecule has 86 valence electrons. The molecule has 0 spiro atoms. The van der Waals surface area contributed by atoms with Gasteiger partial charge in [0.2, 0.25) is 0 Å². The lowest BCUT2D eigenvalue weighted by Crippen LogP contribution is -1.99. The zero-order valence-corrected chi connectivity index (χ0v) is 9.12. The zero-order chi connectivity index (χ0) is 12.4. The largest absolute Gasteiger partial charge is 0.476 e. The van der Waals surface area contributed by atoms with Crippen molar-refractivity contribution in [2.45, 2.75) is 6.92 Å². The van der Waals surface area contributed by atoms with Crippen molar-refractivity contribution in [3.05, 3.63) is 47.5 Å². The van der Waals surface area contributed by atoms with E-state index in [4.69, 9.17) is 5.11 Å². The van der Waals surface area contributed by atoms with Crippen molar-refractivity contribution in [3.63, 3.8) is 0 Å². The average molecular weight is 230 g/mol. The Bertz CT molecular complexity index is 587. The number of hydrogen-bond donors (Lipinski definition) is 1. The summed E-state index contributed by atoms with van der Waals surface area (Å²) in [5.74, 6) is -1.09. The number of aryl methyl sites for hydroxylation is 1. The molecule has 0 atom stereocenters. The Labute approximate surface area is 97.3 Å². The van der Waals surface area contributed by atoms with Crippen molar-refractivity contribution in [2.75, 3.05) is 0 Å². The van der Waals surface area contributed by atoms with Crippen LogP contribution in [0.15, 0.2) is 30.7 Å². The number of imidazole rings is 1. The third-order valence-corrected chi connectivity index (χ3v) is 2.50. The average Bonchev–Trinajstić information content (AvgIpc) is 2.77. The number of aldehydes is 1. The fraction of sp³-hybridized carbons (Fsp3) is 0.0833. The van der Waals surface area contributed by atoms with Gasteiger partial charge < -0.3 is 9.67 Å². The second kappa shape index (κ2) is 4.21. The van der Waals surface area contributed by atoms with Crippen molar-refractivity contribution < 1.29 is 14.7 Å². The van der Waals surface area contributed by atoms with Gasteiger partial charge in [-0.1, -0.05) is 12.1 Å². The number of carbonyl (C=O) groups excluding carboxylic acids is 1. The van der Waals surface area contributed by atoms with E-state index >= 15 is 0 Å². The Morgan fingerprint density at radius 3 is 2.82 bits per heavy atom. The van der Waals surface area contributed by atoms with Gasteiger partial charge in [0.25, 0.3) is 0 Å². The second-order valence-electron chi connectivity index (χ2n) is 3.60. The molecule has 1 N–H and O–H groups in total. The molecule has 0 saturated carbocycles. The molecule has 0 amide bonds. The molecule has 5 heteroatoms. The summed E-state index contributed by atoms with van der Waals surface area (Å²) >= 11 is 0. The van der Waals surface area contributed by atoms with Gasteiger partial charge in [0.15, 0.2) is 12.0 Å². The van der Waals surface area contributed by atoms with E-state index in [0.29, 0.717) is 11.3 Å². The van der Waals surface area contributed by atoms with Crippen molar-refractivity contribution in [2.24, 2.45) is 0 Å². The highest BCUT2D eigenvalue weighted by molar-refractivity contribution is 5.86. The summed E-state index contributed by atoms with van der Waals surface area (Å²) in [5.41, 5.74) is 1.94. The molecule has 0 unspecified atom stereocenters. The van der Waals surface area contributed by atoms with Gasteiger partial charge in [-0.25, -0.2) is 9.78 Å². The van der Waals surface area contributed by atoms with E-state index in [2.05, 4.69) is 4.98 Å². The number of carbonyl (C=O) groups is 2. The number of hydrogen-bond acceptors (Lipinski definition) is 3. The van der Waals surface area contributed by atoms with Gasteiger partial charge in [-0.2, -0.15) is 0 Å². The van der Waals surface area contributed by atoms with Crippen LogP contribution in [0.1, 0.15) is 26.4 Å². The number of benzene rings is 1. The standard InChI is InChI=1S/C12H10N2O3/c1-8-3-2-4-11(9(8)6-15)14-5-10(12(16)17)13-7-14/h2-7H,1H3,(H,16,17). The molecule has 1 heterocycles. The first-order valence-electron chi connectivity index (χ1n) is 4.96. The monoisotopic (exact) mass is 230 g/mol. The van der Waals surface area contributed by atoms with Gasteiger partial charge in [-0.05, 0) is 18.6 Å². The van der Waals surface area contributed by atoms with Crippen LogP contribution in [0, 0.1) is 6.92 Å². The third-order valence-electron chi connectivity index (χ3n) is 2.50. The molecule has 0 bridgehead atoms. The molecule has 1 aromatic carbocycles. The second-order valence-corrected chi connectivity index (χ2v) is 3.60. The van der Waals surface area contributed by atoms with Gasteiger partial charge in [0.05, 0.1) is 5.69 Å². The van der Waals surface area contributed by atoms with Crippen molar-refractivity contribution in [3.8, 4) is 5.69 Å². The van der Waals surface area contributed by atoms with E-state index in [1.54, 1.807) is 12.1 Å². The fourth-order valence-electron chi connectivity index (χ4n) is 1.61. The molecule has 0 aliphatic carbocycles. The molecule has 5 nitrogen and oxygen atoms in total. The van der Waals surface area contributed by atoms with Crippen LogP contribution in [0.25, 0.3) is 5.69 Å². The van der Waals surface area contributed by atoms with Crippen LogP contribution in [0.3, 0.4) is 0 Å². The van der Waals surface area contributed by atoms with Crippen molar-refractivity contribution in [1.29, 1.82) is 0 Å². The fourth-order valence-corrected chi connectivity index (χ4v) is 1.61. The molecule has 0 aliphatic rings. The Kier molecular flexibility index (Phi) is 2.74. The van der Waals surface area contributed by atoms with Gasteiger partial charge in [0.1, 0.15) is 6.33 Å². The molecule has 2 aromatic rings. The summed E-state index contributed by atoms with van der Waals surface area (Å²) in [6.45, 7) is 1.82. The van der Waals surface area contributed by atoms with E-state index in [1.165, 1.54) is 17.1 Å². The van der Waals surface area contributed by atoms with Crippen LogP contribution in [0.2, 0.25) is 0 Å². The molecule has 2 rings (SSSR count). The lowest BCUT2D eigenvalue weighted by atomic mass is 10.1. The molecular weight excluding hydrogens is 220 g/mol. The minimum absolute atomic E-state index is 0.0524. The van der Waals surface area contributed by atoms with E-state index in [-0.39, 0.29) is 5.69 Å². The highest BCUT2D eigenvalue weighted by Gasteiger charge is 2.10. The van der Waals surface area contributed by atoms with Crippen LogP contribution in [-0.2, 0) is 0 Å². The molecule has 0 radical (unpaired) electrons. The maximum atomic E-state index is 11.0. The van der Waals surface area contributed by atoms with Crippen LogP contribution >= 0.6 is 0 Å². The lowest BCUT2D eigenvalue weighted by Gasteiger charge is -2.07. The normalized spacial score (nSPS) is 10.2. The Morgan fingerprint density at radius 1 is 1.47 bits per heavy atom.